The van der Waals surface area contributed by atoms with E-state index in [1.807, 2.05) is 35.8 Å². The Morgan fingerprint density at radius 3 is 2.68 bits per heavy atom. The van der Waals surface area contributed by atoms with Gasteiger partial charge in [0.25, 0.3) is 5.69 Å². The van der Waals surface area contributed by atoms with Crippen molar-refractivity contribution in [2.75, 3.05) is 14.1 Å². The molecule has 0 aliphatic carbocycles. The SMILES string of the molecule is CN=C(NCc1ccccc1[N+](=O)[O-])N(C)Cc1cc(Br)cn1C.I. The number of para-hydroxylation sites is 1. The lowest BCUT2D eigenvalue weighted by Gasteiger charge is -2.22. The predicted molar refractivity (Wildman–Crippen MR) is 113 cm³/mol. The van der Waals surface area contributed by atoms with Crippen LogP contribution in [0.25, 0.3) is 0 Å². The van der Waals surface area contributed by atoms with E-state index in [-0.39, 0.29) is 34.6 Å². The molecule has 2 aromatic rings. The van der Waals surface area contributed by atoms with Crippen molar-refractivity contribution < 1.29 is 4.92 Å². The lowest BCUT2D eigenvalue weighted by Crippen LogP contribution is -2.38. The first-order valence-corrected chi connectivity index (χ1v) is 8.16. The van der Waals surface area contributed by atoms with Gasteiger partial charge < -0.3 is 14.8 Å². The van der Waals surface area contributed by atoms with Crippen molar-refractivity contribution in [3.8, 4) is 0 Å². The summed E-state index contributed by atoms with van der Waals surface area (Å²) in [4.78, 5) is 16.9. The normalized spacial score (nSPS) is 11.0. The fourth-order valence-electron chi connectivity index (χ4n) is 2.44. The van der Waals surface area contributed by atoms with Gasteiger partial charge in [-0.2, -0.15) is 0 Å². The summed E-state index contributed by atoms with van der Waals surface area (Å²) in [6, 6.07) is 8.75. The van der Waals surface area contributed by atoms with Gasteiger partial charge in [-0.15, -0.1) is 24.0 Å². The van der Waals surface area contributed by atoms with E-state index in [9.17, 15) is 10.1 Å². The Bertz CT molecular complexity index is 763. The molecule has 0 fully saturated rings. The molecule has 0 atom stereocenters. The molecule has 0 spiro atoms. The van der Waals surface area contributed by atoms with Gasteiger partial charge in [0.1, 0.15) is 0 Å². The fourth-order valence-corrected chi connectivity index (χ4v) is 3.01. The quantitative estimate of drug-likeness (QED) is 0.215. The van der Waals surface area contributed by atoms with E-state index in [0.717, 1.165) is 10.2 Å². The van der Waals surface area contributed by atoms with E-state index >= 15 is 0 Å². The van der Waals surface area contributed by atoms with Gasteiger partial charge >= 0.3 is 0 Å². The van der Waals surface area contributed by atoms with Crippen LogP contribution in [0.1, 0.15) is 11.3 Å². The highest BCUT2D eigenvalue weighted by molar-refractivity contribution is 14.0. The van der Waals surface area contributed by atoms with Crippen LogP contribution >= 0.6 is 39.9 Å². The fraction of sp³-hybridized carbons (Fsp3) is 0.312. The summed E-state index contributed by atoms with van der Waals surface area (Å²) in [6.07, 6.45) is 1.99. The zero-order chi connectivity index (χ0) is 17.7. The van der Waals surface area contributed by atoms with Crippen LogP contribution in [0.2, 0.25) is 0 Å². The summed E-state index contributed by atoms with van der Waals surface area (Å²) < 4.78 is 3.06. The lowest BCUT2D eigenvalue weighted by molar-refractivity contribution is -0.385. The van der Waals surface area contributed by atoms with Crippen LogP contribution in [0.15, 0.2) is 46.0 Å². The van der Waals surface area contributed by atoms with Gasteiger partial charge in [-0.25, -0.2) is 0 Å². The van der Waals surface area contributed by atoms with Crippen LogP contribution in [0.3, 0.4) is 0 Å². The number of benzene rings is 1. The zero-order valence-electron chi connectivity index (χ0n) is 14.3. The summed E-state index contributed by atoms with van der Waals surface area (Å²) in [6.45, 7) is 1.00. The molecule has 7 nitrogen and oxygen atoms in total. The van der Waals surface area contributed by atoms with Gasteiger partial charge in [-0.1, -0.05) is 18.2 Å². The van der Waals surface area contributed by atoms with E-state index in [1.54, 1.807) is 25.2 Å². The molecular formula is C16H21BrIN5O2. The minimum Gasteiger partial charge on any atom is -0.352 e. The van der Waals surface area contributed by atoms with Gasteiger partial charge in [0, 0.05) is 55.7 Å². The highest BCUT2D eigenvalue weighted by Crippen LogP contribution is 2.18. The van der Waals surface area contributed by atoms with Crippen LogP contribution in [0, 0.1) is 10.1 Å². The second-order valence-corrected chi connectivity index (χ2v) is 6.32. The number of guanidine groups is 1. The van der Waals surface area contributed by atoms with Crippen LogP contribution in [0.5, 0.6) is 0 Å². The van der Waals surface area contributed by atoms with E-state index in [2.05, 4.69) is 26.2 Å². The Morgan fingerprint density at radius 1 is 1.44 bits per heavy atom. The topological polar surface area (TPSA) is 75.7 Å². The van der Waals surface area contributed by atoms with Crippen LogP contribution < -0.4 is 5.32 Å². The molecule has 25 heavy (non-hydrogen) atoms. The second-order valence-electron chi connectivity index (χ2n) is 5.40. The summed E-state index contributed by atoms with van der Waals surface area (Å²) in [5.74, 6) is 0.672. The molecule has 0 unspecified atom stereocenters. The first-order valence-electron chi connectivity index (χ1n) is 7.37. The van der Waals surface area contributed by atoms with Gasteiger partial charge in [-0.3, -0.25) is 15.1 Å². The average Bonchev–Trinajstić information content (AvgIpc) is 2.85. The summed E-state index contributed by atoms with van der Waals surface area (Å²) in [5.41, 5.74) is 1.85. The zero-order valence-corrected chi connectivity index (χ0v) is 18.2. The number of nitro benzene ring substituents is 1. The Morgan fingerprint density at radius 2 is 2.12 bits per heavy atom. The van der Waals surface area contributed by atoms with Gasteiger partial charge in [0.2, 0.25) is 0 Å². The van der Waals surface area contributed by atoms with Crippen molar-refractivity contribution in [2.45, 2.75) is 13.1 Å². The van der Waals surface area contributed by atoms with Gasteiger partial charge in [-0.05, 0) is 22.0 Å². The van der Waals surface area contributed by atoms with Crippen molar-refractivity contribution in [2.24, 2.45) is 12.0 Å². The molecule has 0 bridgehead atoms. The van der Waals surface area contributed by atoms with E-state index in [0.29, 0.717) is 24.6 Å². The lowest BCUT2D eigenvalue weighted by atomic mass is 10.2. The molecule has 1 heterocycles. The largest absolute Gasteiger partial charge is 0.352 e. The van der Waals surface area contributed by atoms with E-state index in [4.69, 9.17) is 0 Å². The smallest absolute Gasteiger partial charge is 0.274 e. The number of halogens is 2. The molecule has 0 amide bonds. The number of nitro groups is 1. The van der Waals surface area contributed by atoms with E-state index in [1.165, 1.54) is 6.07 Å². The molecule has 0 aliphatic heterocycles. The number of nitrogens with zero attached hydrogens (tertiary/aromatic N) is 4. The van der Waals surface area contributed by atoms with Crippen molar-refractivity contribution in [1.82, 2.24) is 14.8 Å². The van der Waals surface area contributed by atoms with Crippen molar-refractivity contribution in [1.29, 1.82) is 0 Å². The number of aliphatic imine (C=N–C) groups is 1. The maximum absolute atomic E-state index is 11.1. The van der Waals surface area contributed by atoms with Crippen LogP contribution in [-0.4, -0.2) is 34.4 Å². The molecule has 1 N–H and O–H groups in total. The Hall–Kier alpha value is -1.62. The third-order valence-corrected chi connectivity index (χ3v) is 4.11. The number of nitrogens with one attached hydrogen (secondary N) is 1. The first-order chi connectivity index (χ1) is 11.4. The summed E-state index contributed by atoms with van der Waals surface area (Å²) >= 11 is 3.46. The van der Waals surface area contributed by atoms with Crippen molar-refractivity contribution in [3.05, 3.63) is 62.4 Å². The molecule has 0 saturated carbocycles. The van der Waals surface area contributed by atoms with Crippen LogP contribution in [0.4, 0.5) is 5.69 Å². The Kier molecular flexibility index (Phi) is 8.36. The molecule has 0 saturated heterocycles. The molecule has 1 aromatic heterocycles. The summed E-state index contributed by atoms with van der Waals surface area (Å²) in [7, 11) is 5.60. The van der Waals surface area contributed by atoms with Crippen molar-refractivity contribution >= 4 is 51.6 Å². The monoisotopic (exact) mass is 521 g/mol. The third-order valence-electron chi connectivity index (χ3n) is 3.67. The number of aromatic nitrogens is 1. The Balaban J connectivity index is 0.00000312. The average molecular weight is 522 g/mol. The number of rotatable bonds is 5. The molecule has 0 aliphatic rings. The van der Waals surface area contributed by atoms with E-state index < -0.39 is 0 Å². The number of hydrogen-bond donors (Lipinski definition) is 1. The summed E-state index contributed by atoms with van der Waals surface area (Å²) in [5, 5.41) is 14.3. The molecule has 9 heteroatoms. The minimum atomic E-state index is -0.370. The first kappa shape index (κ1) is 21.4. The standard InChI is InChI=1S/C16H20BrN5O2.HI/c1-18-16(21(3)11-14-8-13(17)10-20(14)2)19-9-12-6-4-5-7-15(12)22(23)24;/h4-8,10H,9,11H2,1-3H3,(H,18,19);1H. The van der Waals surface area contributed by atoms with Crippen LogP contribution in [-0.2, 0) is 20.1 Å². The second kappa shape index (κ2) is 9.76. The highest BCUT2D eigenvalue weighted by Gasteiger charge is 2.14. The highest BCUT2D eigenvalue weighted by atomic mass is 127. The molecular weight excluding hydrogens is 501 g/mol. The third kappa shape index (κ3) is 5.70. The molecule has 1 aromatic carbocycles. The van der Waals surface area contributed by atoms with Crippen molar-refractivity contribution in [3.63, 3.8) is 0 Å². The predicted octanol–water partition coefficient (Wildman–Crippen LogP) is 3.52. The maximum Gasteiger partial charge on any atom is 0.274 e. The molecule has 136 valence electrons. The maximum atomic E-state index is 11.1. The molecule has 0 radical (unpaired) electrons. The van der Waals surface area contributed by atoms with Gasteiger partial charge in [0.15, 0.2) is 5.96 Å². The number of aryl methyl sites for hydroxylation is 1. The Labute approximate surface area is 172 Å². The minimum absolute atomic E-state index is 0. The molecule has 2 rings (SSSR count). The van der Waals surface area contributed by atoms with Gasteiger partial charge in [0.05, 0.1) is 11.5 Å². The number of hydrogen-bond acceptors (Lipinski definition) is 3.